The SMILES string of the molecule is CCNC(=NCc1nnc2n1CCCCC2)NCCC(C)C. The van der Waals surface area contributed by atoms with E-state index in [1.807, 2.05) is 0 Å². The molecule has 0 unspecified atom stereocenters. The monoisotopic (exact) mass is 306 g/mol. The van der Waals surface area contributed by atoms with Crippen LogP contribution in [0.25, 0.3) is 0 Å². The van der Waals surface area contributed by atoms with Gasteiger partial charge in [-0.1, -0.05) is 20.3 Å². The van der Waals surface area contributed by atoms with E-state index in [9.17, 15) is 0 Å². The van der Waals surface area contributed by atoms with Crippen molar-refractivity contribution in [3.05, 3.63) is 11.6 Å². The normalized spacial score (nSPS) is 15.5. The highest BCUT2D eigenvalue weighted by Crippen LogP contribution is 2.14. The van der Waals surface area contributed by atoms with Gasteiger partial charge in [-0.05, 0) is 32.1 Å². The van der Waals surface area contributed by atoms with Crippen LogP contribution in [-0.2, 0) is 19.5 Å². The Morgan fingerprint density at radius 3 is 2.86 bits per heavy atom. The molecule has 6 nitrogen and oxygen atoms in total. The van der Waals surface area contributed by atoms with Crippen molar-refractivity contribution in [2.45, 2.75) is 66.0 Å². The Balaban J connectivity index is 1.96. The molecule has 0 spiro atoms. The van der Waals surface area contributed by atoms with Crippen molar-refractivity contribution >= 4 is 5.96 Å². The van der Waals surface area contributed by atoms with Gasteiger partial charge in [0.15, 0.2) is 11.8 Å². The molecule has 0 atom stereocenters. The summed E-state index contributed by atoms with van der Waals surface area (Å²) in [4.78, 5) is 4.66. The summed E-state index contributed by atoms with van der Waals surface area (Å²) in [6.45, 7) is 9.98. The first-order valence-corrected chi connectivity index (χ1v) is 8.63. The molecule has 1 aromatic heterocycles. The third-order valence-corrected chi connectivity index (χ3v) is 3.92. The number of hydrogen-bond donors (Lipinski definition) is 2. The second-order valence-electron chi connectivity index (χ2n) is 6.30. The molecule has 0 aromatic carbocycles. The fraction of sp³-hybridized carbons (Fsp3) is 0.812. The minimum Gasteiger partial charge on any atom is -0.357 e. The minimum absolute atomic E-state index is 0.587. The van der Waals surface area contributed by atoms with Crippen LogP contribution in [0, 0.1) is 5.92 Å². The van der Waals surface area contributed by atoms with Gasteiger partial charge in [0.2, 0.25) is 0 Å². The molecule has 2 heterocycles. The number of fused-ring (bicyclic) bond motifs is 1. The van der Waals surface area contributed by atoms with Crippen LogP contribution in [0.5, 0.6) is 0 Å². The highest BCUT2D eigenvalue weighted by molar-refractivity contribution is 5.79. The Bertz CT molecular complexity index is 477. The third-order valence-electron chi connectivity index (χ3n) is 3.92. The van der Waals surface area contributed by atoms with Crippen molar-refractivity contribution in [1.29, 1.82) is 0 Å². The summed E-state index contributed by atoms with van der Waals surface area (Å²) in [5.74, 6) is 3.68. The summed E-state index contributed by atoms with van der Waals surface area (Å²) < 4.78 is 2.26. The fourth-order valence-corrected chi connectivity index (χ4v) is 2.63. The van der Waals surface area contributed by atoms with E-state index >= 15 is 0 Å². The van der Waals surface area contributed by atoms with Gasteiger partial charge in [0.25, 0.3) is 0 Å². The molecule has 1 aliphatic rings. The van der Waals surface area contributed by atoms with Crippen LogP contribution in [0.3, 0.4) is 0 Å². The number of aliphatic imine (C=N–C) groups is 1. The van der Waals surface area contributed by atoms with Crippen molar-refractivity contribution in [3.63, 3.8) is 0 Å². The van der Waals surface area contributed by atoms with Crippen LogP contribution < -0.4 is 10.6 Å². The van der Waals surface area contributed by atoms with E-state index in [0.29, 0.717) is 12.5 Å². The number of aryl methyl sites for hydroxylation is 1. The molecule has 1 aromatic rings. The summed E-state index contributed by atoms with van der Waals surface area (Å²) >= 11 is 0. The van der Waals surface area contributed by atoms with Crippen molar-refractivity contribution in [3.8, 4) is 0 Å². The van der Waals surface area contributed by atoms with Gasteiger partial charge < -0.3 is 15.2 Å². The summed E-state index contributed by atoms with van der Waals surface area (Å²) in [5.41, 5.74) is 0. The number of nitrogens with one attached hydrogen (secondary N) is 2. The highest BCUT2D eigenvalue weighted by atomic mass is 15.3. The Morgan fingerprint density at radius 2 is 2.09 bits per heavy atom. The maximum atomic E-state index is 4.66. The quantitative estimate of drug-likeness (QED) is 0.624. The Labute approximate surface area is 133 Å². The number of guanidine groups is 1. The summed E-state index contributed by atoms with van der Waals surface area (Å²) in [6.07, 6.45) is 5.91. The lowest BCUT2D eigenvalue weighted by atomic mass is 10.1. The average molecular weight is 306 g/mol. The molecule has 0 saturated heterocycles. The van der Waals surface area contributed by atoms with E-state index in [1.165, 1.54) is 19.3 Å². The van der Waals surface area contributed by atoms with E-state index in [0.717, 1.165) is 50.1 Å². The van der Waals surface area contributed by atoms with E-state index < -0.39 is 0 Å². The molecule has 1 aliphatic heterocycles. The Morgan fingerprint density at radius 1 is 1.23 bits per heavy atom. The topological polar surface area (TPSA) is 67.1 Å². The average Bonchev–Trinajstić information content (AvgIpc) is 2.71. The molecular formula is C16H30N6. The number of aromatic nitrogens is 3. The molecule has 0 aliphatic carbocycles. The first-order chi connectivity index (χ1) is 10.7. The summed E-state index contributed by atoms with van der Waals surface area (Å²) in [6, 6.07) is 0. The maximum Gasteiger partial charge on any atom is 0.191 e. The van der Waals surface area contributed by atoms with Gasteiger partial charge >= 0.3 is 0 Å². The van der Waals surface area contributed by atoms with Gasteiger partial charge in [0.1, 0.15) is 12.4 Å². The minimum atomic E-state index is 0.587. The molecule has 2 rings (SSSR count). The highest BCUT2D eigenvalue weighted by Gasteiger charge is 2.14. The van der Waals surface area contributed by atoms with Crippen molar-refractivity contribution in [1.82, 2.24) is 25.4 Å². The number of rotatable bonds is 6. The molecule has 124 valence electrons. The second kappa shape index (κ2) is 8.76. The first kappa shape index (κ1) is 16.8. The van der Waals surface area contributed by atoms with Crippen molar-refractivity contribution < 1.29 is 0 Å². The van der Waals surface area contributed by atoms with E-state index in [-0.39, 0.29) is 0 Å². The van der Waals surface area contributed by atoms with Gasteiger partial charge in [0.05, 0.1) is 0 Å². The van der Waals surface area contributed by atoms with Crippen LogP contribution in [0.4, 0.5) is 0 Å². The largest absolute Gasteiger partial charge is 0.357 e. The van der Waals surface area contributed by atoms with Crippen LogP contribution >= 0.6 is 0 Å². The van der Waals surface area contributed by atoms with Gasteiger partial charge in [-0.25, -0.2) is 4.99 Å². The molecule has 0 saturated carbocycles. The van der Waals surface area contributed by atoms with Crippen LogP contribution in [0.2, 0.25) is 0 Å². The summed E-state index contributed by atoms with van der Waals surface area (Å²) in [5, 5.41) is 15.3. The van der Waals surface area contributed by atoms with Gasteiger partial charge in [-0.15, -0.1) is 10.2 Å². The maximum absolute atomic E-state index is 4.66. The molecule has 0 fully saturated rings. The zero-order valence-corrected chi connectivity index (χ0v) is 14.2. The fourth-order valence-electron chi connectivity index (χ4n) is 2.63. The molecule has 0 amide bonds. The zero-order chi connectivity index (χ0) is 15.8. The first-order valence-electron chi connectivity index (χ1n) is 8.63. The lowest BCUT2D eigenvalue weighted by Crippen LogP contribution is -2.38. The van der Waals surface area contributed by atoms with Crippen LogP contribution in [0.1, 0.15) is 58.1 Å². The van der Waals surface area contributed by atoms with Gasteiger partial charge in [-0.2, -0.15) is 0 Å². The van der Waals surface area contributed by atoms with E-state index in [4.69, 9.17) is 0 Å². The van der Waals surface area contributed by atoms with Crippen molar-refractivity contribution in [2.75, 3.05) is 13.1 Å². The zero-order valence-electron chi connectivity index (χ0n) is 14.2. The molecule has 0 bridgehead atoms. The molecule has 2 N–H and O–H groups in total. The standard InChI is InChI=1S/C16H30N6/c1-4-17-16(18-10-9-13(2)3)19-12-15-21-20-14-8-6-5-7-11-22(14)15/h13H,4-12H2,1-3H3,(H2,17,18,19). The Hall–Kier alpha value is -1.59. The van der Waals surface area contributed by atoms with Crippen molar-refractivity contribution in [2.24, 2.45) is 10.9 Å². The molecule has 22 heavy (non-hydrogen) atoms. The van der Waals surface area contributed by atoms with Crippen LogP contribution in [-0.4, -0.2) is 33.8 Å². The van der Waals surface area contributed by atoms with E-state index in [2.05, 4.69) is 51.2 Å². The molecule has 6 heteroatoms. The molecular weight excluding hydrogens is 276 g/mol. The lowest BCUT2D eigenvalue weighted by Gasteiger charge is -2.12. The number of hydrogen-bond acceptors (Lipinski definition) is 3. The summed E-state index contributed by atoms with van der Waals surface area (Å²) in [7, 11) is 0. The number of nitrogens with zero attached hydrogens (tertiary/aromatic N) is 4. The lowest BCUT2D eigenvalue weighted by molar-refractivity contribution is 0.572. The third kappa shape index (κ3) is 5.00. The van der Waals surface area contributed by atoms with E-state index in [1.54, 1.807) is 0 Å². The predicted octanol–water partition coefficient (Wildman–Crippen LogP) is 2.11. The second-order valence-corrected chi connectivity index (χ2v) is 6.30. The van der Waals surface area contributed by atoms with Gasteiger partial charge in [0, 0.05) is 26.1 Å². The Kier molecular flexibility index (Phi) is 6.68. The van der Waals surface area contributed by atoms with Crippen LogP contribution in [0.15, 0.2) is 4.99 Å². The molecule has 0 radical (unpaired) electrons. The van der Waals surface area contributed by atoms with Gasteiger partial charge in [-0.3, -0.25) is 0 Å². The smallest absolute Gasteiger partial charge is 0.191 e. The predicted molar refractivity (Wildman–Crippen MR) is 89.9 cm³/mol.